The van der Waals surface area contributed by atoms with Crippen LogP contribution in [0.15, 0.2) is 60.9 Å². The van der Waals surface area contributed by atoms with Crippen LogP contribution in [0.25, 0.3) is 11.4 Å². The molecule has 0 saturated carbocycles. The maximum Gasteiger partial charge on any atom is 0.262 e. The Balaban J connectivity index is 1.48. The van der Waals surface area contributed by atoms with Crippen molar-refractivity contribution in [2.24, 2.45) is 0 Å². The molecule has 0 atom stereocenters. The lowest BCUT2D eigenvalue weighted by atomic mass is 10.1. The molecule has 0 fully saturated rings. The topological polar surface area (TPSA) is 95.2 Å². The number of imide groups is 1. The van der Waals surface area contributed by atoms with Gasteiger partial charge in [0, 0.05) is 23.6 Å². The van der Waals surface area contributed by atoms with E-state index in [2.05, 4.69) is 15.3 Å². The van der Waals surface area contributed by atoms with Crippen molar-refractivity contribution in [3.63, 3.8) is 0 Å². The largest absolute Gasteiger partial charge is 0.345 e. The lowest BCUT2D eigenvalue weighted by Gasteiger charge is -2.14. The van der Waals surface area contributed by atoms with Gasteiger partial charge in [-0.3, -0.25) is 19.3 Å². The number of carbonyl (C=O) groups is 3. The summed E-state index contributed by atoms with van der Waals surface area (Å²) in [6.45, 7) is -0.336. The van der Waals surface area contributed by atoms with E-state index in [1.54, 1.807) is 54.9 Å². The van der Waals surface area contributed by atoms with E-state index in [4.69, 9.17) is 0 Å². The van der Waals surface area contributed by atoms with Gasteiger partial charge in [0.2, 0.25) is 5.91 Å². The van der Waals surface area contributed by atoms with Crippen LogP contribution in [0, 0.1) is 0 Å². The van der Waals surface area contributed by atoms with Gasteiger partial charge in [-0.2, -0.15) is 0 Å². The fourth-order valence-electron chi connectivity index (χ4n) is 2.89. The molecule has 0 radical (unpaired) electrons. The van der Waals surface area contributed by atoms with E-state index < -0.39 is 17.7 Å². The highest BCUT2D eigenvalue weighted by Crippen LogP contribution is 2.23. The smallest absolute Gasteiger partial charge is 0.262 e. The number of imidazole rings is 1. The van der Waals surface area contributed by atoms with Gasteiger partial charge in [-0.15, -0.1) is 0 Å². The average molecular weight is 346 g/mol. The van der Waals surface area contributed by atoms with Gasteiger partial charge < -0.3 is 10.3 Å². The minimum absolute atomic E-state index is 0.324. The Morgan fingerprint density at radius 1 is 1.04 bits per heavy atom. The molecule has 0 unspecified atom stereocenters. The van der Waals surface area contributed by atoms with E-state index in [1.807, 2.05) is 6.07 Å². The van der Waals surface area contributed by atoms with Gasteiger partial charge in [0.15, 0.2) is 0 Å². The first-order valence-corrected chi connectivity index (χ1v) is 7.98. The van der Waals surface area contributed by atoms with Crippen molar-refractivity contribution in [3.05, 3.63) is 72.1 Å². The van der Waals surface area contributed by atoms with Crippen LogP contribution in [-0.4, -0.2) is 39.1 Å². The summed E-state index contributed by atoms with van der Waals surface area (Å²) in [5.74, 6) is -0.673. The monoisotopic (exact) mass is 346 g/mol. The predicted octanol–water partition coefficient (Wildman–Crippen LogP) is 2.31. The van der Waals surface area contributed by atoms with Crippen LogP contribution in [0.5, 0.6) is 0 Å². The molecule has 0 saturated heterocycles. The van der Waals surface area contributed by atoms with Gasteiger partial charge >= 0.3 is 0 Å². The van der Waals surface area contributed by atoms with E-state index in [1.165, 1.54) is 0 Å². The summed E-state index contributed by atoms with van der Waals surface area (Å²) in [5, 5.41) is 2.71. The van der Waals surface area contributed by atoms with E-state index in [-0.39, 0.29) is 6.54 Å². The zero-order valence-corrected chi connectivity index (χ0v) is 13.6. The van der Waals surface area contributed by atoms with Crippen molar-refractivity contribution in [2.75, 3.05) is 11.9 Å². The Bertz CT molecular complexity index is 976. The number of hydrogen-bond acceptors (Lipinski definition) is 4. The molecule has 1 aromatic heterocycles. The number of rotatable bonds is 4. The van der Waals surface area contributed by atoms with Crippen molar-refractivity contribution >= 4 is 23.4 Å². The third-order valence-electron chi connectivity index (χ3n) is 4.10. The highest BCUT2D eigenvalue weighted by Gasteiger charge is 2.36. The Morgan fingerprint density at radius 3 is 2.42 bits per heavy atom. The quantitative estimate of drug-likeness (QED) is 0.709. The Kier molecular flexibility index (Phi) is 3.81. The molecule has 3 amide bonds. The molecule has 7 nitrogen and oxygen atoms in total. The SMILES string of the molecule is O=C(CN1C(=O)c2ccccc2C1=O)Nc1cccc(-c2ncc[nH]2)c1. The average Bonchev–Trinajstić information content (AvgIpc) is 3.26. The number of fused-ring (bicyclic) bond motifs is 1. The molecule has 2 aromatic carbocycles. The molecule has 1 aliphatic rings. The molecule has 2 N–H and O–H groups in total. The van der Waals surface area contributed by atoms with Gasteiger partial charge in [0.25, 0.3) is 11.8 Å². The minimum atomic E-state index is -0.454. The van der Waals surface area contributed by atoms with Crippen molar-refractivity contribution in [2.45, 2.75) is 0 Å². The third kappa shape index (κ3) is 2.75. The van der Waals surface area contributed by atoms with Crippen molar-refractivity contribution in [3.8, 4) is 11.4 Å². The maximum absolute atomic E-state index is 12.3. The van der Waals surface area contributed by atoms with Crippen LogP contribution in [0.1, 0.15) is 20.7 Å². The fraction of sp³-hybridized carbons (Fsp3) is 0.0526. The number of amides is 3. The first kappa shape index (κ1) is 15.8. The number of hydrogen-bond donors (Lipinski definition) is 2. The van der Waals surface area contributed by atoms with E-state index in [9.17, 15) is 14.4 Å². The number of aromatic amines is 1. The Labute approximate surface area is 148 Å². The van der Waals surface area contributed by atoms with Crippen LogP contribution >= 0.6 is 0 Å². The number of H-pyrrole nitrogens is 1. The summed E-state index contributed by atoms with van der Waals surface area (Å²) in [6.07, 6.45) is 3.35. The summed E-state index contributed by atoms with van der Waals surface area (Å²) in [7, 11) is 0. The number of nitrogens with one attached hydrogen (secondary N) is 2. The van der Waals surface area contributed by atoms with E-state index >= 15 is 0 Å². The van der Waals surface area contributed by atoms with E-state index in [0.717, 1.165) is 10.5 Å². The van der Waals surface area contributed by atoms with Gasteiger partial charge in [0.05, 0.1) is 11.1 Å². The van der Waals surface area contributed by atoms with Crippen molar-refractivity contribution in [1.29, 1.82) is 0 Å². The van der Waals surface area contributed by atoms with Gasteiger partial charge in [-0.05, 0) is 24.3 Å². The maximum atomic E-state index is 12.3. The number of carbonyl (C=O) groups excluding carboxylic acids is 3. The predicted molar refractivity (Wildman–Crippen MR) is 94.5 cm³/mol. The zero-order valence-electron chi connectivity index (χ0n) is 13.6. The molecule has 0 spiro atoms. The zero-order chi connectivity index (χ0) is 18.1. The third-order valence-corrected chi connectivity index (χ3v) is 4.10. The van der Waals surface area contributed by atoms with Gasteiger partial charge in [-0.25, -0.2) is 4.98 Å². The van der Waals surface area contributed by atoms with Gasteiger partial charge in [-0.1, -0.05) is 24.3 Å². The first-order valence-electron chi connectivity index (χ1n) is 7.98. The lowest BCUT2D eigenvalue weighted by Crippen LogP contribution is -2.37. The summed E-state index contributed by atoms with van der Waals surface area (Å²) in [6, 6.07) is 13.7. The van der Waals surface area contributed by atoms with Crippen LogP contribution < -0.4 is 5.32 Å². The van der Waals surface area contributed by atoms with Crippen LogP contribution in [-0.2, 0) is 4.79 Å². The Hall–Kier alpha value is -3.74. The molecule has 26 heavy (non-hydrogen) atoms. The second kappa shape index (κ2) is 6.29. The summed E-state index contributed by atoms with van der Waals surface area (Å²) >= 11 is 0. The first-order chi connectivity index (χ1) is 12.6. The van der Waals surface area contributed by atoms with Crippen LogP contribution in [0.3, 0.4) is 0 Å². The number of aromatic nitrogens is 2. The van der Waals surface area contributed by atoms with Crippen LogP contribution in [0.2, 0.25) is 0 Å². The highest BCUT2D eigenvalue weighted by molar-refractivity contribution is 6.22. The van der Waals surface area contributed by atoms with Crippen molar-refractivity contribution in [1.82, 2.24) is 14.9 Å². The number of anilines is 1. The summed E-state index contributed by atoms with van der Waals surface area (Å²) < 4.78 is 0. The minimum Gasteiger partial charge on any atom is -0.345 e. The molecule has 4 rings (SSSR count). The normalized spacial score (nSPS) is 13.0. The lowest BCUT2D eigenvalue weighted by molar-refractivity contribution is -0.116. The highest BCUT2D eigenvalue weighted by atomic mass is 16.2. The second-order valence-electron chi connectivity index (χ2n) is 5.81. The van der Waals surface area contributed by atoms with Gasteiger partial charge in [0.1, 0.15) is 12.4 Å². The molecular formula is C19H14N4O3. The molecular weight excluding hydrogens is 332 g/mol. The Morgan fingerprint density at radius 2 is 1.77 bits per heavy atom. The van der Waals surface area contributed by atoms with Crippen LogP contribution in [0.4, 0.5) is 5.69 Å². The fourth-order valence-corrected chi connectivity index (χ4v) is 2.89. The molecule has 0 aliphatic carbocycles. The molecule has 7 heteroatoms. The van der Waals surface area contributed by atoms with Crippen molar-refractivity contribution < 1.29 is 14.4 Å². The molecule has 128 valence electrons. The standard InChI is InChI=1S/C19H14N4O3/c24-16(11-23-18(25)14-6-1-2-7-15(14)19(23)26)22-13-5-3-4-12(10-13)17-20-8-9-21-17/h1-10H,11H2,(H,20,21)(H,22,24). The molecule has 2 heterocycles. The van der Waals surface area contributed by atoms with E-state index in [0.29, 0.717) is 22.6 Å². The second-order valence-corrected chi connectivity index (χ2v) is 5.81. The molecule has 1 aliphatic heterocycles. The number of nitrogens with zero attached hydrogens (tertiary/aromatic N) is 2. The summed E-state index contributed by atoms with van der Waals surface area (Å²) in [5.41, 5.74) is 2.02. The molecule has 3 aromatic rings. The summed E-state index contributed by atoms with van der Waals surface area (Å²) in [4.78, 5) is 45.1. The molecule has 0 bridgehead atoms. The number of benzene rings is 2.